The number of nitrogens with one attached hydrogen (secondary N) is 3. The standard InChI is InChI=1S/C34H40FN9O3/c1-42(2)13-4-6-29(45)39-26-5-3-14-43(21-26)20-24-11-12-36-31(30(24)35)34(46)40-25-9-7-23(8-10-25)28-19-27-32(41-28)37-22-38-33(27)44-15-17-47-18-16-44/h4,6-12,19,22,26H,3,5,13-18,20-21H2,1-2H3,(H,39,45)(H,40,46)(H,37,38,41)/b6-4+. The van der Waals surface area contributed by atoms with Gasteiger partial charge >= 0.3 is 0 Å². The van der Waals surface area contributed by atoms with Crippen molar-refractivity contribution >= 4 is 34.4 Å². The second-order valence-corrected chi connectivity index (χ2v) is 12.2. The number of aromatic amines is 1. The van der Waals surface area contributed by atoms with Crippen LogP contribution in [-0.2, 0) is 16.1 Å². The molecule has 0 bridgehead atoms. The Kier molecular flexibility index (Phi) is 10.1. The van der Waals surface area contributed by atoms with Crippen molar-refractivity contribution in [1.82, 2.24) is 35.1 Å². The van der Waals surface area contributed by atoms with Gasteiger partial charge in [-0.3, -0.25) is 14.5 Å². The minimum absolute atomic E-state index is 0.0278. The Bertz CT molecular complexity index is 1730. The van der Waals surface area contributed by atoms with E-state index in [2.05, 4.69) is 40.4 Å². The van der Waals surface area contributed by atoms with Gasteiger partial charge in [0.2, 0.25) is 5.91 Å². The van der Waals surface area contributed by atoms with Crippen LogP contribution in [0.1, 0.15) is 28.9 Å². The second kappa shape index (κ2) is 14.8. The normalized spacial score (nSPS) is 17.4. The van der Waals surface area contributed by atoms with E-state index in [1.54, 1.807) is 30.6 Å². The van der Waals surface area contributed by atoms with Crippen LogP contribution in [0.2, 0.25) is 0 Å². The van der Waals surface area contributed by atoms with E-state index in [0.29, 0.717) is 44.1 Å². The topological polar surface area (TPSA) is 132 Å². The molecule has 2 amide bonds. The summed E-state index contributed by atoms with van der Waals surface area (Å²) in [5.41, 5.74) is 3.16. The highest BCUT2D eigenvalue weighted by Crippen LogP contribution is 2.30. The van der Waals surface area contributed by atoms with Crippen molar-refractivity contribution in [2.45, 2.75) is 25.4 Å². The predicted octanol–water partition coefficient (Wildman–Crippen LogP) is 3.45. The Morgan fingerprint density at radius 1 is 1.11 bits per heavy atom. The monoisotopic (exact) mass is 641 g/mol. The average Bonchev–Trinajstić information content (AvgIpc) is 3.51. The van der Waals surface area contributed by atoms with Gasteiger partial charge in [0.05, 0.1) is 18.6 Å². The zero-order valence-electron chi connectivity index (χ0n) is 26.7. The van der Waals surface area contributed by atoms with Crippen molar-refractivity contribution in [2.24, 2.45) is 0 Å². The molecule has 246 valence electrons. The lowest BCUT2D eigenvalue weighted by atomic mass is 10.0. The molecule has 3 N–H and O–H groups in total. The molecule has 0 spiro atoms. The minimum atomic E-state index is -0.644. The van der Waals surface area contributed by atoms with Gasteiger partial charge in [-0.2, -0.15) is 0 Å². The van der Waals surface area contributed by atoms with Gasteiger partial charge in [-0.15, -0.1) is 0 Å². The smallest absolute Gasteiger partial charge is 0.277 e. The molecule has 2 aliphatic rings. The molecule has 1 unspecified atom stereocenters. The molecule has 2 fully saturated rings. The lowest BCUT2D eigenvalue weighted by molar-refractivity contribution is -0.117. The molecule has 2 saturated heterocycles. The van der Waals surface area contributed by atoms with Crippen molar-refractivity contribution in [2.75, 3.05) is 70.2 Å². The van der Waals surface area contributed by atoms with E-state index in [0.717, 1.165) is 60.6 Å². The Labute approximate surface area is 273 Å². The highest BCUT2D eigenvalue weighted by molar-refractivity contribution is 6.03. The SMILES string of the molecule is CN(C)C/C=C/C(=O)NC1CCCN(Cc2ccnc(C(=O)Nc3ccc(-c4cc5c(N6CCOCC6)ncnc5[nH]4)cc3)c2F)C1. The van der Waals surface area contributed by atoms with E-state index in [1.165, 1.54) is 6.20 Å². The van der Waals surface area contributed by atoms with Gasteiger partial charge in [0.25, 0.3) is 5.91 Å². The van der Waals surface area contributed by atoms with Crippen molar-refractivity contribution in [3.05, 3.63) is 78.1 Å². The summed E-state index contributed by atoms with van der Waals surface area (Å²) in [6.07, 6.45) is 8.13. The third-order valence-electron chi connectivity index (χ3n) is 8.34. The van der Waals surface area contributed by atoms with E-state index < -0.39 is 11.7 Å². The Balaban J connectivity index is 1.08. The number of carbonyl (C=O) groups is 2. The number of piperidine rings is 1. The number of anilines is 2. The van der Waals surface area contributed by atoms with Crippen LogP contribution in [0.25, 0.3) is 22.3 Å². The Morgan fingerprint density at radius 2 is 1.91 bits per heavy atom. The Morgan fingerprint density at radius 3 is 2.70 bits per heavy atom. The number of hydrogen-bond acceptors (Lipinski definition) is 9. The third-order valence-corrected chi connectivity index (χ3v) is 8.34. The molecule has 47 heavy (non-hydrogen) atoms. The van der Waals surface area contributed by atoms with Gasteiger partial charge in [0, 0.05) is 68.0 Å². The number of aromatic nitrogens is 4. The summed E-state index contributed by atoms with van der Waals surface area (Å²) in [5.74, 6) is -0.526. The number of nitrogens with zero attached hydrogens (tertiary/aromatic N) is 6. The first-order valence-corrected chi connectivity index (χ1v) is 15.9. The maximum absolute atomic E-state index is 15.6. The minimum Gasteiger partial charge on any atom is -0.378 e. The lowest BCUT2D eigenvalue weighted by Crippen LogP contribution is -2.47. The number of fused-ring (bicyclic) bond motifs is 1. The van der Waals surface area contributed by atoms with E-state index in [1.807, 2.05) is 43.3 Å². The summed E-state index contributed by atoms with van der Waals surface area (Å²) < 4.78 is 21.1. The van der Waals surface area contributed by atoms with Crippen molar-refractivity contribution in [1.29, 1.82) is 0 Å². The van der Waals surface area contributed by atoms with Gasteiger partial charge in [0.15, 0.2) is 11.5 Å². The van der Waals surface area contributed by atoms with Crippen molar-refractivity contribution in [3.63, 3.8) is 0 Å². The number of carbonyl (C=O) groups excluding carboxylic acids is 2. The van der Waals surface area contributed by atoms with Gasteiger partial charge in [-0.1, -0.05) is 18.2 Å². The van der Waals surface area contributed by atoms with Crippen LogP contribution in [-0.4, -0.2) is 108 Å². The number of rotatable bonds is 10. The fraction of sp³-hybridized carbons (Fsp3) is 0.382. The molecule has 6 rings (SSSR count). The van der Waals surface area contributed by atoms with Gasteiger partial charge in [-0.25, -0.2) is 19.3 Å². The quantitative estimate of drug-likeness (QED) is 0.223. The van der Waals surface area contributed by atoms with E-state index in [9.17, 15) is 9.59 Å². The zero-order valence-corrected chi connectivity index (χ0v) is 26.7. The van der Waals surface area contributed by atoms with Gasteiger partial charge in [-0.05, 0) is 63.3 Å². The van der Waals surface area contributed by atoms with Crippen LogP contribution in [0, 0.1) is 5.82 Å². The molecular weight excluding hydrogens is 601 g/mol. The van der Waals surface area contributed by atoms with E-state index >= 15 is 4.39 Å². The summed E-state index contributed by atoms with van der Waals surface area (Å²) >= 11 is 0. The number of likely N-dealkylation sites (tertiary alicyclic amines) is 1. The summed E-state index contributed by atoms with van der Waals surface area (Å²) in [7, 11) is 3.88. The van der Waals surface area contributed by atoms with E-state index in [-0.39, 0.29) is 17.6 Å². The first kappa shape index (κ1) is 32.2. The summed E-state index contributed by atoms with van der Waals surface area (Å²) in [6.45, 7) is 5.24. The fourth-order valence-corrected chi connectivity index (χ4v) is 5.97. The molecule has 4 aromatic rings. The molecule has 2 aliphatic heterocycles. The zero-order chi connectivity index (χ0) is 32.8. The number of likely N-dealkylation sites (N-methyl/N-ethyl adjacent to an activating group) is 1. The molecule has 12 nitrogen and oxygen atoms in total. The number of halogens is 1. The van der Waals surface area contributed by atoms with Gasteiger partial charge < -0.3 is 30.2 Å². The van der Waals surface area contributed by atoms with Crippen LogP contribution >= 0.6 is 0 Å². The molecule has 1 atom stereocenters. The predicted molar refractivity (Wildman–Crippen MR) is 179 cm³/mol. The lowest BCUT2D eigenvalue weighted by Gasteiger charge is -2.33. The van der Waals surface area contributed by atoms with E-state index in [4.69, 9.17) is 4.74 Å². The molecule has 13 heteroatoms. The maximum atomic E-state index is 15.6. The fourth-order valence-electron chi connectivity index (χ4n) is 5.97. The summed E-state index contributed by atoms with van der Waals surface area (Å²) in [5, 5.41) is 6.75. The molecule has 3 aromatic heterocycles. The van der Waals surface area contributed by atoms with Crippen LogP contribution in [0.5, 0.6) is 0 Å². The molecule has 0 aliphatic carbocycles. The number of amides is 2. The van der Waals surface area contributed by atoms with Crippen molar-refractivity contribution < 1.29 is 18.7 Å². The number of ether oxygens (including phenoxy) is 1. The number of pyridine rings is 1. The van der Waals surface area contributed by atoms with Crippen LogP contribution < -0.4 is 15.5 Å². The summed E-state index contributed by atoms with van der Waals surface area (Å²) in [6, 6.07) is 10.9. The molecular formula is C34H40FN9O3. The molecule has 0 radical (unpaired) electrons. The van der Waals surface area contributed by atoms with Crippen molar-refractivity contribution in [3.8, 4) is 11.3 Å². The average molecular weight is 642 g/mol. The Hall–Kier alpha value is -4.72. The highest BCUT2D eigenvalue weighted by atomic mass is 19.1. The first-order valence-electron chi connectivity index (χ1n) is 15.9. The molecule has 0 saturated carbocycles. The largest absolute Gasteiger partial charge is 0.378 e. The number of morpholine rings is 1. The second-order valence-electron chi connectivity index (χ2n) is 12.2. The first-order chi connectivity index (χ1) is 22.8. The van der Waals surface area contributed by atoms with Crippen LogP contribution in [0.15, 0.2) is 61.1 Å². The summed E-state index contributed by atoms with van der Waals surface area (Å²) in [4.78, 5) is 48.1. The van der Waals surface area contributed by atoms with Crippen LogP contribution in [0.3, 0.4) is 0 Å². The third kappa shape index (κ3) is 7.99. The number of H-pyrrole nitrogens is 1. The maximum Gasteiger partial charge on any atom is 0.277 e. The van der Waals surface area contributed by atoms with Gasteiger partial charge in [0.1, 0.15) is 17.8 Å². The number of hydrogen-bond donors (Lipinski definition) is 3. The highest BCUT2D eigenvalue weighted by Gasteiger charge is 2.24. The number of benzene rings is 1. The molecule has 1 aromatic carbocycles. The molecule has 5 heterocycles. The van der Waals surface area contributed by atoms with Crippen LogP contribution in [0.4, 0.5) is 15.9 Å².